The molecule has 3 rings (SSSR count). The van der Waals surface area contributed by atoms with Crippen molar-refractivity contribution in [2.24, 2.45) is 4.99 Å². The molecule has 1 aromatic carbocycles. The first-order chi connectivity index (χ1) is 12.3. The Balaban J connectivity index is 1.50. The van der Waals surface area contributed by atoms with Crippen molar-refractivity contribution in [2.75, 3.05) is 39.3 Å². The summed E-state index contributed by atoms with van der Waals surface area (Å²) in [5.74, 6) is 1.05. The number of aliphatic hydroxyl groups excluding tert-OH is 1. The summed E-state index contributed by atoms with van der Waals surface area (Å²) in [6.07, 6.45) is 3.92. The van der Waals surface area contributed by atoms with Crippen LogP contribution in [0.2, 0.25) is 0 Å². The molecular formula is C20H32N4O. The van der Waals surface area contributed by atoms with Gasteiger partial charge in [0.2, 0.25) is 0 Å². The molecule has 2 heterocycles. The van der Waals surface area contributed by atoms with Crippen LogP contribution in [0.15, 0.2) is 29.3 Å². The molecule has 0 aromatic heterocycles. The van der Waals surface area contributed by atoms with Crippen molar-refractivity contribution in [2.45, 2.75) is 45.3 Å². The van der Waals surface area contributed by atoms with Gasteiger partial charge in [0.25, 0.3) is 0 Å². The molecule has 1 saturated heterocycles. The molecule has 138 valence electrons. The van der Waals surface area contributed by atoms with E-state index in [0.717, 1.165) is 77.5 Å². The first kappa shape index (κ1) is 18.2. The third-order valence-electron chi connectivity index (χ3n) is 5.22. The molecule has 1 fully saturated rings. The molecule has 0 spiro atoms. The van der Waals surface area contributed by atoms with Gasteiger partial charge in [-0.25, -0.2) is 0 Å². The van der Waals surface area contributed by atoms with Crippen LogP contribution in [0.1, 0.15) is 37.3 Å². The van der Waals surface area contributed by atoms with Crippen LogP contribution in [0, 0.1) is 0 Å². The number of likely N-dealkylation sites (tertiary alicyclic amines) is 1. The van der Waals surface area contributed by atoms with E-state index in [-0.39, 0.29) is 6.10 Å². The lowest BCUT2D eigenvalue weighted by molar-refractivity contribution is 0.0824. The lowest BCUT2D eigenvalue weighted by Gasteiger charge is -2.32. The number of hydrogen-bond acceptors (Lipinski definition) is 3. The summed E-state index contributed by atoms with van der Waals surface area (Å²) in [5.41, 5.74) is 2.90. The topological polar surface area (TPSA) is 51.1 Å². The van der Waals surface area contributed by atoms with Crippen molar-refractivity contribution >= 4 is 5.96 Å². The quantitative estimate of drug-likeness (QED) is 0.486. The highest BCUT2D eigenvalue weighted by Crippen LogP contribution is 2.18. The fourth-order valence-electron chi connectivity index (χ4n) is 3.72. The van der Waals surface area contributed by atoms with Crippen LogP contribution in [0.25, 0.3) is 0 Å². The molecule has 5 nitrogen and oxygen atoms in total. The van der Waals surface area contributed by atoms with Crippen LogP contribution in [-0.4, -0.2) is 66.2 Å². The minimum atomic E-state index is -0.0865. The summed E-state index contributed by atoms with van der Waals surface area (Å²) in [6.45, 7) is 9.01. The number of hydrogen-bond donors (Lipinski definition) is 2. The minimum absolute atomic E-state index is 0.0865. The molecule has 2 aliphatic rings. The highest BCUT2D eigenvalue weighted by atomic mass is 16.3. The van der Waals surface area contributed by atoms with E-state index in [1.54, 1.807) is 0 Å². The van der Waals surface area contributed by atoms with Gasteiger partial charge in [-0.2, -0.15) is 0 Å². The van der Waals surface area contributed by atoms with E-state index < -0.39 is 0 Å². The maximum absolute atomic E-state index is 9.58. The Labute approximate surface area is 151 Å². The number of nitrogens with zero attached hydrogens (tertiary/aromatic N) is 3. The summed E-state index contributed by atoms with van der Waals surface area (Å²) in [5, 5.41) is 13.0. The number of aliphatic imine (C=N–C) groups is 1. The Kier molecular flexibility index (Phi) is 6.70. The molecule has 0 amide bonds. The number of guanidine groups is 1. The molecule has 2 N–H and O–H groups in total. The minimum Gasteiger partial charge on any atom is -0.393 e. The Morgan fingerprint density at radius 3 is 2.72 bits per heavy atom. The van der Waals surface area contributed by atoms with E-state index in [1.165, 1.54) is 11.1 Å². The third kappa shape index (κ3) is 5.19. The predicted molar refractivity (Wildman–Crippen MR) is 103 cm³/mol. The Bertz CT molecular complexity index is 567. The zero-order chi connectivity index (χ0) is 17.5. The second kappa shape index (κ2) is 9.20. The Hall–Kier alpha value is -1.59. The second-order valence-corrected chi connectivity index (χ2v) is 7.10. The lowest BCUT2D eigenvalue weighted by atomic mass is 10.0. The van der Waals surface area contributed by atoms with Crippen molar-refractivity contribution in [1.29, 1.82) is 0 Å². The molecule has 0 aliphatic carbocycles. The number of rotatable bonds is 5. The molecule has 1 aromatic rings. The number of nitrogens with one attached hydrogen (secondary N) is 1. The van der Waals surface area contributed by atoms with Gasteiger partial charge in [0.05, 0.1) is 6.10 Å². The maximum Gasteiger partial charge on any atom is 0.194 e. The summed E-state index contributed by atoms with van der Waals surface area (Å²) < 4.78 is 0. The molecule has 0 saturated carbocycles. The largest absolute Gasteiger partial charge is 0.393 e. The van der Waals surface area contributed by atoms with Gasteiger partial charge >= 0.3 is 0 Å². The predicted octanol–water partition coefficient (Wildman–Crippen LogP) is 1.86. The van der Waals surface area contributed by atoms with Crippen LogP contribution >= 0.6 is 0 Å². The number of aliphatic hydroxyl groups is 1. The van der Waals surface area contributed by atoms with Gasteiger partial charge in [0.1, 0.15) is 0 Å². The zero-order valence-corrected chi connectivity index (χ0v) is 15.5. The monoisotopic (exact) mass is 344 g/mol. The van der Waals surface area contributed by atoms with E-state index in [0.29, 0.717) is 0 Å². The Morgan fingerprint density at radius 2 is 1.96 bits per heavy atom. The van der Waals surface area contributed by atoms with Crippen LogP contribution in [0.4, 0.5) is 0 Å². The van der Waals surface area contributed by atoms with Crippen LogP contribution < -0.4 is 5.32 Å². The standard InChI is InChI=1S/C20H32N4O/c1-2-21-20(22-11-5-12-23-13-9-19(25)10-14-23)24-15-8-17-6-3-4-7-18(17)16-24/h3-4,6-7,19,25H,2,5,8-16H2,1H3,(H,21,22). The first-order valence-corrected chi connectivity index (χ1v) is 9.76. The Morgan fingerprint density at radius 1 is 1.20 bits per heavy atom. The molecule has 0 radical (unpaired) electrons. The molecule has 0 unspecified atom stereocenters. The molecule has 25 heavy (non-hydrogen) atoms. The van der Waals surface area contributed by atoms with Crippen LogP contribution in [0.3, 0.4) is 0 Å². The fourth-order valence-corrected chi connectivity index (χ4v) is 3.72. The third-order valence-corrected chi connectivity index (χ3v) is 5.22. The molecular weight excluding hydrogens is 312 g/mol. The van der Waals surface area contributed by atoms with E-state index >= 15 is 0 Å². The summed E-state index contributed by atoms with van der Waals surface area (Å²) in [6, 6.07) is 8.73. The SMILES string of the molecule is CCNC(=NCCCN1CCC(O)CC1)N1CCc2ccccc2C1. The van der Waals surface area contributed by atoms with Crippen LogP contribution in [0.5, 0.6) is 0 Å². The molecule has 5 heteroatoms. The van der Waals surface area contributed by atoms with Crippen molar-refractivity contribution in [3.05, 3.63) is 35.4 Å². The molecule has 0 atom stereocenters. The molecule has 0 bridgehead atoms. The van der Waals surface area contributed by atoms with Crippen molar-refractivity contribution in [1.82, 2.24) is 15.1 Å². The summed E-state index contributed by atoms with van der Waals surface area (Å²) in [4.78, 5) is 9.69. The van der Waals surface area contributed by atoms with E-state index in [2.05, 4.69) is 46.3 Å². The highest BCUT2D eigenvalue weighted by Gasteiger charge is 2.19. The van der Waals surface area contributed by atoms with Crippen molar-refractivity contribution < 1.29 is 5.11 Å². The number of benzene rings is 1. The number of piperidine rings is 1. The van der Waals surface area contributed by atoms with Gasteiger partial charge in [-0.15, -0.1) is 0 Å². The summed E-state index contributed by atoms with van der Waals surface area (Å²) in [7, 11) is 0. The molecule has 2 aliphatic heterocycles. The maximum atomic E-state index is 9.58. The van der Waals surface area contributed by atoms with Crippen molar-refractivity contribution in [3.63, 3.8) is 0 Å². The van der Waals surface area contributed by atoms with Gasteiger partial charge in [-0.1, -0.05) is 24.3 Å². The van der Waals surface area contributed by atoms with E-state index in [4.69, 9.17) is 4.99 Å². The van der Waals surface area contributed by atoms with Gasteiger partial charge < -0.3 is 20.2 Å². The van der Waals surface area contributed by atoms with E-state index in [9.17, 15) is 5.11 Å². The lowest BCUT2D eigenvalue weighted by Crippen LogP contribution is -2.44. The average molecular weight is 345 g/mol. The number of fused-ring (bicyclic) bond motifs is 1. The second-order valence-electron chi connectivity index (χ2n) is 7.10. The fraction of sp³-hybridized carbons (Fsp3) is 0.650. The smallest absolute Gasteiger partial charge is 0.194 e. The van der Waals surface area contributed by atoms with Gasteiger partial charge in [-0.05, 0) is 50.3 Å². The van der Waals surface area contributed by atoms with Gasteiger partial charge in [0.15, 0.2) is 5.96 Å². The van der Waals surface area contributed by atoms with E-state index in [1.807, 2.05) is 0 Å². The van der Waals surface area contributed by atoms with Crippen molar-refractivity contribution in [3.8, 4) is 0 Å². The van der Waals surface area contributed by atoms with Crippen LogP contribution in [-0.2, 0) is 13.0 Å². The highest BCUT2D eigenvalue weighted by molar-refractivity contribution is 5.80. The summed E-state index contributed by atoms with van der Waals surface area (Å²) >= 11 is 0. The van der Waals surface area contributed by atoms with Gasteiger partial charge in [-0.3, -0.25) is 4.99 Å². The van der Waals surface area contributed by atoms with Gasteiger partial charge in [0, 0.05) is 39.3 Å². The zero-order valence-electron chi connectivity index (χ0n) is 15.5. The normalized spacial score (nSPS) is 19.8. The first-order valence-electron chi connectivity index (χ1n) is 9.76. The average Bonchev–Trinajstić information content (AvgIpc) is 2.65.